The Bertz CT molecular complexity index is 382. The monoisotopic (exact) mass is 230 g/mol. The number of hydrogen-bond acceptors (Lipinski definition) is 4. The summed E-state index contributed by atoms with van der Waals surface area (Å²) in [5.74, 6) is -0.106. The van der Waals surface area contributed by atoms with Crippen molar-refractivity contribution in [3.05, 3.63) is 11.5 Å². The molecule has 0 spiro atoms. The number of sulfone groups is 1. The first kappa shape index (κ1) is 10.6. The van der Waals surface area contributed by atoms with E-state index in [-0.39, 0.29) is 23.7 Å². The molecule has 0 aromatic carbocycles. The maximum absolute atomic E-state index is 11.6. The van der Waals surface area contributed by atoms with Crippen molar-refractivity contribution < 1.29 is 13.2 Å². The van der Waals surface area contributed by atoms with E-state index < -0.39 is 9.84 Å². The van der Waals surface area contributed by atoms with Crippen molar-refractivity contribution in [2.75, 3.05) is 12.3 Å². The van der Waals surface area contributed by atoms with Crippen LogP contribution in [0.3, 0.4) is 0 Å². The van der Waals surface area contributed by atoms with Gasteiger partial charge in [0.15, 0.2) is 9.84 Å². The zero-order chi connectivity index (χ0) is 10.9. The van der Waals surface area contributed by atoms with E-state index in [4.69, 9.17) is 0 Å². The average Bonchev–Trinajstić information content (AvgIpc) is 2.74. The number of hydrogen-bond donors (Lipinski definition) is 2. The Morgan fingerprint density at radius 1 is 1.47 bits per heavy atom. The van der Waals surface area contributed by atoms with Crippen LogP contribution < -0.4 is 10.6 Å². The van der Waals surface area contributed by atoms with E-state index in [1.807, 2.05) is 0 Å². The second kappa shape index (κ2) is 3.94. The standard InChI is InChI=1S/C9H14N2O3S/c12-9(8-2-1-4-10-8)11-7-3-5-15(13,14)6-7/h3,5,7-8,10H,1-2,4,6H2,(H,11,12)/t7?,8-/m0/s1. The molecule has 0 aliphatic carbocycles. The summed E-state index contributed by atoms with van der Waals surface area (Å²) >= 11 is 0. The minimum Gasteiger partial charge on any atom is -0.347 e. The SMILES string of the molecule is O=C(NC1C=CS(=O)(=O)C1)[C@@H]1CCCN1. The second-order valence-corrected chi connectivity index (χ2v) is 5.85. The van der Waals surface area contributed by atoms with Gasteiger partial charge in [-0.05, 0) is 25.5 Å². The molecule has 5 nitrogen and oxygen atoms in total. The van der Waals surface area contributed by atoms with Gasteiger partial charge in [-0.15, -0.1) is 0 Å². The lowest BCUT2D eigenvalue weighted by Crippen LogP contribution is -2.45. The van der Waals surface area contributed by atoms with Gasteiger partial charge in [0.1, 0.15) is 0 Å². The van der Waals surface area contributed by atoms with Gasteiger partial charge in [-0.3, -0.25) is 4.79 Å². The minimum absolute atomic E-state index is 0.00847. The Balaban J connectivity index is 1.88. The average molecular weight is 230 g/mol. The second-order valence-electron chi connectivity index (χ2n) is 3.92. The van der Waals surface area contributed by atoms with Crippen molar-refractivity contribution in [1.82, 2.24) is 10.6 Å². The molecule has 2 aliphatic heterocycles. The smallest absolute Gasteiger partial charge is 0.237 e. The first-order valence-corrected chi connectivity index (χ1v) is 6.73. The number of nitrogens with one attached hydrogen (secondary N) is 2. The third-order valence-corrected chi connectivity index (χ3v) is 4.03. The molecule has 2 aliphatic rings. The van der Waals surface area contributed by atoms with Crippen LogP contribution in [0.25, 0.3) is 0 Å². The van der Waals surface area contributed by atoms with E-state index in [0.29, 0.717) is 0 Å². The van der Waals surface area contributed by atoms with Crippen molar-refractivity contribution in [2.24, 2.45) is 0 Å². The summed E-state index contributed by atoms with van der Waals surface area (Å²) in [4.78, 5) is 11.6. The van der Waals surface area contributed by atoms with E-state index in [1.165, 1.54) is 11.5 Å². The van der Waals surface area contributed by atoms with E-state index >= 15 is 0 Å². The molecule has 1 saturated heterocycles. The van der Waals surface area contributed by atoms with Gasteiger partial charge in [-0.1, -0.05) is 0 Å². The summed E-state index contributed by atoms with van der Waals surface area (Å²) in [7, 11) is -3.08. The van der Waals surface area contributed by atoms with Crippen molar-refractivity contribution in [3.8, 4) is 0 Å². The van der Waals surface area contributed by atoms with Gasteiger partial charge < -0.3 is 10.6 Å². The quantitative estimate of drug-likeness (QED) is 0.649. The fourth-order valence-corrected chi connectivity index (χ4v) is 3.09. The number of amides is 1. The fraction of sp³-hybridized carbons (Fsp3) is 0.667. The van der Waals surface area contributed by atoms with Crippen LogP contribution in [0.5, 0.6) is 0 Å². The molecule has 0 aromatic heterocycles. The Morgan fingerprint density at radius 2 is 2.27 bits per heavy atom. The predicted octanol–water partition coefficient (Wildman–Crippen LogP) is -0.835. The Morgan fingerprint density at radius 3 is 2.80 bits per heavy atom. The molecule has 6 heteroatoms. The zero-order valence-electron chi connectivity index (χ0n) is 8.27. The Kier molecular flexibility index (Phi) is 2.79. The summed E-state index contributed by atoms with van der Waals surface area (Å²) in [5.41, 5.74) is 0. The molecule has 84 valence electrons. The van der Waals surface area contributed by atoms with Gasteiger partial charge in [0.25, 0.3) is 0 Å². The lowest BCUT2D eigenvalue weighted by molar-refractivity contribution is -0.123. The molecular formula is C9H14N2O3S. The molecule has 1 unspecified atom stereocenters. The molecule has 2 heterocycles. The van der Waals surface area contributed by atoms with Gasteiger partial charge in [0.05, 0.1) is 17.8 Å². The summed E-state index contributed by atoms with van der Waals surface area (Å²) in [6.07, 6.45) is 3.36. The van der Waals surface area contributed by atoms with Crippen LogP contribution in [0.15, 0.2) is 11.5 Å². The molecule has 0 aromatic rings. The van der Waals surface area contributed by atoms with E-state index in [2.05, 4.69) is 10.6 Å². The van der Waals surface area contributed by atoms with Crippen LogP contribution in [0.2, 0.25) is 0 Å². The van der Waals surface area contributed by atoms with Crippen LogP contribution in [0, 0.1) is 0 Å². The first-order chi connectivity index (χ1) is 7.07. The molecule has 2 N–H and O–H groups in total. The highest BCUT2D eigenvalue weighted by Gasteiger charge is 2.27. The summed E-state index contributed by atoms with van der Waals surface area (Å²) in [5, 5.41) is 6.94. The third-order valence-electron chi connectivity index (χ3n) is 2.63. The van der Waals surface area contributed by atoms with E-state index in [1.54, 1.807) is 0 Å². The molecule has 2 atom stereocenters. The zero-order valence-corrected chi connectivity index (χ0v) is 9.09. The van der Waals surface area contributed by atoms with Crippen LogP contribution in [0.1, 0.15) is 12.8 Å². The van der Waals surface area contributed by atoms with Crippen molar-refractivity contribution in [2.45, 2.75) is 24.9 Å². The molecular weight excluding hydrogens is 216 g/mol. The maximum atomic E-state index is 11.6. The summed E-state index contributed by atoms with van der Waals surface area (Å²) in [6.45, 7) is 0.858. The molecule has 1 fully saturated rings. The highest BCUT2D eigenvalue weighted by molar-refractivity contribution is 7.94. The molecule has 0 saturated carbocycles. The highest BCUT2D eigenvalue weighted by Crippen LogP contribution is 2.10. The fourth-order valence-electron chi connectivity index (χ4n) is 1.86. The van der Waals surface area contributed by atoms with Gasteiger partial charge >= 0.3 is 0 Å². The number of carbonyl (C=O) groups excluding carboxylic acids is 1. The van der Waals surface area contributed by atoms with Gasteiger partial charge in [-0.2, -0.15) is 0 Å². The van der Waals surface area contributed by atoms with E-state index in [0.717, 1.165) is 19.4 Å². The lowest BCUT2D eigenvalue weighted by atomic mass is 10.2. The summed E-state index contributed by atoms with van der Waals surface area (Å²) < 4.78 is 22.2. The highest BCUT2D eigenvalue weighted by atomic mass is 32.2. The topological polar surface area (TPSA) is 75.3 Å². The van der Waals surface area contributed by atoms with Crippen LogP contribution in [0.4, 0.5) is 0 Å². The number of carbonyl (C=O) groups is 1. The van der Waals surface area contributed by atoms with Crippen LogP contribution >= 0.6 is 0 Å². The lowest BCUT2D eigenvalue weighted by Gasteiger charge is -2.14. The largest absolute Gasteiger partial charge is 0.347 e. The molecule has 2 rings (SSSR count). The maximum Gasteiger partial charge on any atom is 0.237 e. The van der Waals surface area contributed by atoms with Crippen molar-refractivity contribution in [3.63, 3.8) is 0 Å². The molecule has 0 radical (unpaired) electrons. The van der Waals surface area contributed by atoms with Crippen LogP contribution in [-0.2, 0) is 14.6 Å². The third kappa shape index (κ3) is 2.57. The van der Waals surface area contributed by atoms with E-state index in [9.17, 15) is 13.2 Å². The normalized spacial score (nSPS) is 33.1. The molecule has 1 amide bonds. The van der Waals surface area contributed by atoms with Crippen LogP contribution in [-0.4, -0.2) is 38.7 Å². The predicted molar refractivity (Wildman–Crippen MR) is 55.9 cm³/mol. The number of rotatable bonds is 2. The Hall–Kier alpha value is -0.880. The molecule has 0 bridgehead atoms. The minimum atomic E-state index is -3.08. The van der Waals surface area contributed by atoms with Gasteiger partial charge in [-0.25, -0.2) is 8.42 Å². The Labute approximate surface area is 88.8 Å². The molecule has 15 heavy (non-hydrogen) atoms. The van der Waals surface area contributed by atoms with Gasteiger partial charge in [0.2, 0.25) is 5.91 Å². The van der Waals surface area contributed by atoms with Crippen molar-refractivity contribution >= 4 is 15.7 Å². The summed E-state index contributed by atoms with van der Waals surface area (Å²) in [6, 6.07) is -0.508. The van der Waals surface area contributed by atoms with Gasteiger partial charge in [0, 0.05) is 5.41 Å². The first-order valence-electron chi connectivity index (χ1n) is 5.01. The van der Waals surface area contributed by atoms with Crippen molar-refractivity contribution in [1.29, 1.82) is 0 Å².